The molecule has 0 saturated carbocycles. The Hall–Kier alpha value is -2.26. The first-order valence-electron chi connectivity index (χ1n) is 8.37. The fourth-order valence-corrected chi connectivity index (χ4v) is 2.98. The highest BCUT2D eigenvalue weighted by atomic mass is 79.9. The molecule has 0 heterocycles. The minimum Gasteiger partial charge on any atom is -0.485 e. The highest BCUT2D eigenvalue weighted by Gasteiger charge is 2.08. The van der Waals surface area contributed by atoms with Crippen LogP contribution < -0.4 is 9.47 Å². The maximum atomic E-state index is 6.06. The van der Waals surface area contributed by atoms with Gasteiger partial charge in [0, 0.05) is 5.33 Å². The molecule has 3 aromatic carbocycles. The zero-order chi connectivity index (χ0) is 17.3. The van der Waals surface area contributed by atoms with Crippen LogP contribution in [0.3, 0.4) is 0 Å². The van der Waals surface area contributed by atoms with Crippen LogP contribution in [0.2, 0.25) is 0 Å². The first-order valence-corrected chi connectivity index (χ1v) is 9.49. The molecule has 0 amide bonds. The van der Waals surface area contributed by atoms with Crippen LogP contribution in [0.5, 0.6) is 11.5 Å². The molecule has 0 aliphatic rings. The molecule has 0 aromatic heterocycles. The lowest BCUT2D eigenvalue weighted by Crippen LogP contribution is -2.01. The molecule has 0 aliphatic heterocycles. The second kappa shape index (κ2) is 9.28. The van der Waals surface area contributed by atoms with Gasteiger partial charge in [0.2, 0.25) is 0 Å². The van der Waals surface area contributed by atoms with Crippen LogP contribution in [0.4, 0.5) is 0 Å². The average molecular weight is 397 g/mol. The first kappa shape index (κ1) is 17.6. The van der Waals surface area contributed by atoms with Crippen LogP contribution in [0.1, 0.15) is 16.7 Å². The van der Waals surface area contributed by atoms with Gasteiger partial charge in [-0.25, -0.2) is 0 Å². The standard InChI is InChI=1S/C22H21BrO2/c23-14-13-18-11-12-21(24-16-19-7-3-1-4-8-19)22(15-18)25-17-20-9-5-2-6-10-20/h1-12,15H,13-14,16-17H2. The lowest BCUT2D eigenvalue weighted by molar-refractivity contribution is 0.255. The molecule has 0 aliphatic carbocycles. The summed E-state index contributed by atoms with van der Waals surface area (Å²) >= 11 is 3.49. The van der Waals surface area contributed by atoms with Crippen LogP contribution in [0.15, 0.2) is 78.9 Å². The van der Waals surface area contributed by atoms with E-state index >= 15 is 0 Å². The van der Waals surface area contributed by atoms with E-state index in [4.69, 9.17) is 9.47 Å². The molecular formula is C22H21BrO2. The third kappa shape index (κ3) is 5.36. The summed E-state index contributed by atoms with van der Waals surface area (Å²) in [5.41, 5.74) is 3.51. The van der Waals surface area contributed by atoms with Gasteiger partial charge in [-0.1, -0.05) is 82.7 Å². The summed E-state index contributed by atoms with van der Waals surface area (Å²) < 4.78 is 12.1. The Morgan fingerprint density at radius 1 is 0.600 bits per heavy atom. The van der Waals surface area contributed by atoms with Gasteiger partial charge in [-0.2, -0.15) is 0 Å². The minimum absolute atomic E-state index is 0.528. The van der Waals surface area contributed by atoms with Gasteiger partial charge in [-0.3, -0.25) is 0 Å². The quantitative estimate of drug-likeness (QED) is 0.449. The van der Waals surface area contributed by atoms with Crippen LogP contribution in [-0.2, 0) is 19.6 Å². The molecule has 0 fully saturated rings. The normalized spacial score (nSPS) is 10.4. The van der Waals surface area contributed by atoms with Crippen molar-refractivity contribution in [2.24, 2.45) is 0 Å². The molecule has 0 spiro atoms. The Kier molecular flexibility index (Phi) is 6.52. The summed E-state index contributed by atoms with van der Waals surface area (Å²) in [5, 5.41) is 0.926. The molecule has 0 saturated heterocycles. The van der Waals surface area contributed by atoms with Crippen molar-refractivity contribution in [3.05, 3.63) is 95.6 Å². The minimum atomic E-state index is 0.528. The zero-order valence-corrected chi connectivity index (χ0v) is 15.6. The number of hydrogen-bond acceptors (Lipinski definition) is 2. The number of aryl methyl sites for hydroxylation is 1. The van der Waals surface area contributed by atoms with Crippen LogP contribution in [0.25, 0.3) is 0 Å². The van der Waals surface area contributed by atoms with Gasteiger partial charge in [-0.15, -0.1) is 0 Å². The predicted octanol–water partition coefficient (Wildman–Crippen LogP) is 5.78. The molecule has 128 valence electrons. The zero-order valence-electron chi connectivity index (χ0n) is 14.0. The lowest BCUT2D eigenvalue weighted by atomic mass is 10.1. The van der Waals surface area contributed by atoms with E-state index in [-0.39, 0.29) is 0 Å². The van der Waals surface area contributed by atoms with Gasteiger partial charge in [0.05, 0.1) is 0 Å². The molecule has 3 aromatic rings. The Bertz CT molecular complexity index is 773. The molecule has 0 unspecified atom stereocenters. The van der Waals surface area contributed by atoms with Gasteiger partial charge in [0.15, 0.2) is 11.5 Å². The third-order valence-corrected chi connectivity index (χ3v) is 4.26. The molecule has 3 rings (SSSR count). The van der Waals surface area contributed by atoms with E-state index in [0.717, 1.165) is 34.4 Å². The fraction of sp³-hybridized carbons (Fsp3) is 0.182. The van der Waals surface area contributed by atoms with Crippen molar-refractivity contribution < 1.29 is 9.47 Å². The van der Waals surface area contributed by atoms with E-state index in [2.05, 4.69) is 52.3 Å². The Labute approximate surface area is 157 Å². The summed E-state index contributed by atoms with van der Waals surface area (Å²) in [6, 6.07) is 26.5. The van der Waals surface area contributed by atoms with Crippen molar-refractivity contribution in [1.29, 1.82) is 0 Å². The SMILES string of the molecule is BrCCc1ccc(OCc2ccccc2)c(OCc2ccccc2)c1. The van der Waals surface area contributed by atoms with E-state index in [0.29, 0.717) is 13.2 Å². The molecule has 0 radical (unpaired) electrons. The third-order valence-electron chi connectivity index (χ3n) is 3.87. The Morgan fingerprint density at radius 3 is 1.72 bits per heavy atom. The predicted molar refractivity (Wildman–Crippen MR) is 105 cm³/mol. The fourth-order valence-electron chi connectivity index (χ4n) is 2.52. The van der Waals surface area contributed by atoms with Crippen LogP contribution >= 0.6 is 15.9 Å². The molecule has 0 bridgehead atoms. The topological polar surface area (TPSA) is 18.5 Å². The van der Waals surface area contributed by atoms with Crippen molar-refractivity contribution in [3.8, 4) is 11.5 Å². The summed E-state index contributed by atoms with van der Waals surface area (Å²) in [4.78, 5) is 0. The molecule has 3 heteroatoms. The summed E-state index contributed by atoms with van der Waals surface area (Å²) in [5.74, 6) is 1.57. The Morgan fingerprint density at radius 2 is 1.16 bits per heavy atom. The second-order valence-corrected chi connectivity index (χ2v) is 6.56. The second-order valence-electron chi connectivity index (χ2n) is 5.77. The molecular weight excluding hydrogens is 376 g/mol. The molecule has 25 heavy (non-hydrogen) atoms. The smallest absolute Gasteiger partial charge is 0.161 e. The monoisotopic (exact) mass is 396 g/mol. The number of alkyl halides is 1. The van der Waals surface area contributed by atoms with Crippen LogP contribution in [-0.4, -0.2) is 5.33 Å². The van der Waals surface area contributed by atoms with Crippen molar-refractivity contribution in [3.63, 3.8) is 0 Å². The largest absolute Gasteiger partial charge is 0.485 e. The highest BCUT2D eigenvalue weighted by molar-refractivity contribution is 9.09. The number of halogens is 1. The average Bonchev–Trinajstić information content (AvgIpc) is 2.67. The van der Waals surface area contributed by atoms with Gasteiger partial charge in [0.25, 0.3) is 0 Å². The van der Waals surface area contributed by atoms with Crippen molar-refractivity contribution in [2.75, 3.05) is 5.33 Å². The number of benzene rings is 3. The van der Waals surface area contributed by atoms with Gasteiger partial charge < -0.3 is 9.47 Å². The van der Waals surface area contributed by atoms with E-state index in [1.807, 2.05) is 42.5 Å². The van der Waals surface area contributed by atoms with Gasteiger partial charge in [0.1, 0.15) is 13.2 Å². The Balaban J connectivity index is 1.73. The maximum absolute atomic E-state index is 6.06. The van der Waals surface area contributed by atoms with Crippen molar-refractivity contribution >= 4 is 15.9 Å². The van der Waals surface area contributed by atoms with E-state index in [1.54, 1.807) is 0 Å². The van der Waals surface area contributed by atoms with Crippen molar-refractivity contribution in [2.45, 2.75) is 19.6 Å². The first-order chi connectivity index (χ1) is 12.3. The van der Waals surface area contributed by atoms with E-state index < -0.39 is 0 Å². The van der Waals surface area contributed by atoms with Crippen molar-refractivity contribution in [1.82, 2.24) is 0 Å². The summed E-state index contributed by atoms with van der Waals surface area (Å²) in [6.45, 7) is 1.06. The highest BCUT2D eigenvalue weighted by Crippen LogP contribution is 2.30. The summed E-state index contributed by atoms with van der Waals surface area (Å²) in [7, 11) is 0. The molecule has 2 nitrogen and oxygen atoms in total. The van der Waals surface area contributed by atoms with Crippen LogP contribution in [0, 0.1) is 0 Å². The van der Waals surface area contributed by atoms with Gasteiger partial charge >= 0.3 is 0 Å². The summed E-state index contributed by atoms with van der Waals surface area (Å²) in [6.07, 6.45) is 0.959. The molecule has 0 N–H and O–H groups in total. The molecule has 0 atom stereocenters. The van der Waals surface area contributed by atoms with E-state index in [1.165, 1.54) is 5.56 Å². The van der Waals surface area contributed by atoms with Gasteiger partial charge in [-0.05, 0) is 35.2 Å². The number of hydrogen-bond donors (Lipinski definition) is 0. The number of ether oxygens (including phenoxy) is 2. The maximum Gasteiger partial charge on any atom is 0.161 e. The lowest BCUT2D eigenvalue weighted by Gasteiger charge is -2.14. The van der Waals surface area contributed by atoms with E-state index in [9.17, 15) is 0 Å². The number of rotatable bonds is 8.